The van der Waals surface area contributed by atoms with Crippen LogP contribution in [0, 0.1) is 13.8 Å². The van der Waals surface area contributed by atoms with Crippen molar-refractivity contribution in [3.8, 4) is 5.69 Å². The van der Waals surface area contributed by atoms with Crippen molar-refractivity contribution in [2.45, 2.75) is 37.9 Å². The number of carbonyl (C=O) groups is 1. The van der Waals surface area contributed by atoms with Crippen molar-refractivity contribution in [3.05, 3.63) is 51.7 Å². The molecule has 8 heteroatoms. The summed E-state index contributed by atoms with van der Waals surface area (Å²) in [7, 11) is 0. The Morgan fingerprint density at radius 3 is 2.96 bits per heavy atom. The molecule has 0 bridgehead atoms. The maximum Gasteiger partial charge on any atom is 0.233 e. The molecule has 3 heterocycles. The number of likely N-dealkylation sites (tertiary alicyclic amines) is 1. The molecule has 0 aliphatic carbocycles. The number of hydrogen-bond donors (Lipinski definition) is 0. The first-order chi connectivity index (χ1) is 13.1. The van der Waals surface area contributed by atoms with E-state index < -0.39 is 0 Å². The maximum absolute atomic E-state index is 12.8. The quantitative estimate of drug-likeness (QED) is 0.611. The monoisotopic (exact) mass is 399 g/mol. The molecule has 4 rings (SSSR count). The second kappa shape index (κ2) is 7.82. The highest BCUT2D eigenvalue weighted by atomic mass is 32.2. The molecule has 2 aromatic heterocycles. The number of aryl methyl sites for hydroxylation is 2. The van der Waals surface area contributed by atoms with Crippen molar-refractivity contribution in [1.29, 1.82) is 0 Å². The Hall–Kier alpha value is -2.19. The average molecular weight is 400 g/mol. The molecule has 0 N–H and O–H groups in total. The molecule has 1 fully saturated rings. The van der Waals surface area contributed by atoms with E-state index in [2.05, 4.69) is 53.0 Å². The van der Waals surface area contributed by atoms with E-state index in [0.29, 0.717) is 10.9 Å². The summed E-state index contributed by atoms with van der Waals surface area (Å²) in [5.74, 6) is 0.484. The third kappa shape index (κ3) is 3.77. The summed E-state index contributed by atoms with van der Waals surface area (Å²) in [4.78, 5) is 16.1. The number of benzene rings is 1. The minimum atomic E-state index is 0.144. The lowest BCUT2D eigenvalue weighted by molar-refractivity contribution is -0.129. The van der Waals surface area contributed by atoms with Gasteiger partial charge >= 0.3 is 0 Å². The van der Waals surface area contributed by atoms with Crippen LogP contribution in [-0.2, 0) is 4.79 Å². The van der Waals surface area contributed by atoms with Crippen LogP contribution in [0.15, 0.2) is 40.9 Å². The van der Waals surface area contributed by atoms with Crippen LogP contribution >= 0.6 is 23.1 Å². The molecule has 1 aliphatic heterocycles. The number of hydrogen-bond acceptors (Lipinski definition) is 6. The fourth-order valence-corrected chi connectivity index (χ4v) is 4.99. The van der Waals surface area contributed by atoms with E-state index in [0.717, 1.165) is 25.1 Å². The van der Waals surface area contributed by atoms with E-state index in [1.165, 1.54) is 27.8 Å². The molecular weight excluding hydrogens is 378 g/mol. The summed E-state index contributed by atoms with van der Waals surface area (Å²) < 4.78 is 1.70. The van der Waals surface area contributed by atoms with Crippen LogP contribution in [0.2, 0.25) is 0 Å². The lowest BCUT2D eigenvalue weighted by atomic mass is 10.1. The minimum Gasteiger partial charge on any atom is -0.334 e. The molecule has 0 spiro atoms. The third-order valence-corrected chi connectivity index (χ3v) is 6.82. The van der Waals surface area contributed by atoms with Crippen molar-refractivity contribution >= 4 is 29.0 Å². The second-order valence-corrected chi connectivity index (χ2v) is 8.61. The smallest absolute Gasteiger partial charge is 0.233 e. The van der Waals surface area contributed by atoms with E-state index in [4.69, 9.17) is 0 Å². The first-order valence-electron chi connectivity index (χ1n) is 8.95. The van der Waals surface area contributed by atoms with Crippen LogP contribution in [0.1, 0.15) is 34.9 Å². The van der Waals surface area contributed by atoms with Crippen LogP contribution in [0.3, 0.4) is 0 Å². The lowest BCUT2D eigenvalue weighted by Gasteiger charge is -2.23. The number of thioether (sulfide) groups is 1. The van der Waals surface area contributed by atoms with E-state index in [-0.39, 0.29) is 11.9 Å². The highest BCUT2D eigenvalue weighted by Crippen LogP contribution is 2.35. The van der Waals surface area contributed by atoms with Crippen molar-refractivity contribution in [3.63, 3.8) is 0 Å². The van der Waals surface area contributed by atoms with Gasteiger partial charge in [0.15, 0.2) is 0 Å². The molecule has 1 aliphatic rings. The summed E-state index contributed by atoms with van der Waals surface area (Å²) in [6.07, 6.45) is 2.09. The highest BCUT2D eigenvalue weighted by Gasteiger charge is 2.30. The largest absolute Gasteiger partial charge is 0.334 e. The standard InChI is InChI=1S/C19H21N5OS2/c1-13-7-8-15(11-14(13)2)24-19(20-21-22-24)27-12-18(25)23-9-3-5-16(23)17-6-4-10-26-17/h4,6-8,10-11,16H,3,5,9,12H2,1-2H3. The van der Waals surface area contributed by atoms with Gasteiger partial charge in [0, 0.05) is 11.4 Å². The summed E-state index contributed by atoms with van der Waals surface area (Å²) in [5, 5.41) is 14.7. The number of amides is 1. The lowest BCUT2D eigenvalue weighted by Crippen LogP contribution is -2.31. The first kappa shape index (κ1) is 18.2. The van der Waals surface area contributed by atoms with Gasteiger partial charge in [0.05, 0.1) is 17.5 Å². The molecule has 0 radical (unpaired) electrons. The molecule has 1 aromatic carbocycles. The predicted octanol–water partition coefficient (Wildman–Crippen LogP) is 3.80. The van der Waals surface area contributed by atoms with Crippen molar-refractivity contribution < 1.29 is 4.79 Å². The number of aromatic nitrogens is 4. The number of tetrazole rings is 1. The van der Waals surface area contributed by atoms with Crippen LogP contribution in [0.4, 0.5) is 0 Å². The van der Waals surface area contributed by atoms with E-state index in [1.54, 1.807) is 16.0 Å². The van der Waals surface area contributed by atoms with Crippen LogP contribution in [0.5, 0.6) is 0 Å². The van der Waals surface area contributed by atoms with Crippen molar-refractivity contribution in [2.24, 2.45) is 0 Å². The average Bonchev–Trinajstić information content (AvgIpc) is 3.41. The number of nitrogens with zero attached hydrogens (tertiary/aromatic N) is 5. The van der Waals surface area contributed by atoms with Gasteiger partial charge in [0.25, 0.3) is 0 Å². The first-order valence-corrected chi connectivity index (χ1v) is 10.8. The van der Waals surface area contributed by atoms with Crippen LogP contribution in [-0.4, -0.2) is 43.3 Å². The highest BCUT2D eigenvalue weighted by molar-refractivity contribution is 7.99. The number of rotatable bonds is 5. The molecule has 1 amide bonds. The molecule has 27 heavy (non-hydrogen) atoms. The zero-order valence-corrected chi connectivity index (χ0v) is 17.0. The SMILES string of the molecule is Cc1ccc(-n2nnnc2SCC(=O)N2CCCC2c2cccs2)cc1C. The Morgan fingerprint density at radius 1 is 1.30 bits per heavy atom. The second-order valence-electron chi connectivity index (χ2n) is 6.69. The van der Waals surface area contributed by atoms with Gasteiger partial charge < -0.3 is 4.90 Å². The Morgan fingerprint density at radius 2 is 2.19 bits per heavy atom. The molecule has 1 unspecified atom stereocenters. The van der Waals surface area contributed by atoms with Crippen molar-refractivity contribution in [2.75, 3.05) is 12.3 Å². The maximum atomic E-state index is 12.8. The van der Waals surface area contributed by atoms with Crippen LogP contribution < -0.4 is 0 Å². The zero-order chi connectivity index (χ0) is 18.8. The van der Waals surface area contributed by atoms with Gasteiger partial charge in [-0.1, -0.05) is 23.9 Å². The molecule has 1 saturated heterocycles. The van der Waals surface area contributed by atoms with Gasteiger partial charge in [-0.2, -0.15) is 4.68 Å². The third-order valence-electron chi connectivity index (χ3n) is 4.95. The Bertz CT molecular complexity index is 937. The molecular formula is C19H21N5OS2. The Labute approximate surface area is 166 Å². The topological polar surface area (TPSA) is 63.9 Å². The predicted molar refractivity (Wildman–Crippen MR) is 107 cm³/mol. The molecule has 3 aromatic rings. The summed E-state index contributed by atoms with van der Waals surface area (Å²) >= 11 is 3.11. The van der Waals surface area contributed by atoms with Crippen LogP contribution in [0.25, 0.3) is 5.69 Å². The van der Waals surface area contributed by atoms with Gasteiger partial charge in [0.2, 0.25) is 11.1 Å². The Kier molecular flexibility index (Phi) is 5.27. The van der Waals surface area contributed by atoms with Gasteiger partial charge in [0.1, 0.15) is 0 Å². The van der Waals surface area contributed by atoms with Gasteiger partial charge in [-0.25, -0.2) is 0 Å². The number of carbonyl (C=O) groups excluding carboxylic acids is 1. The molecule has 0 saturated carbocycles. The van der Waals surface area contributed by atoms with Gasteiger partial charge in [-0.3, -0.25) is 4.79 Å². The van der Waals surface area contributed by atoms with Crippen molar-refractivity contribution in [1.82, 2.24) is 25.1 Å². The van der Waals surface area contributed by atoms with Gasteiger partial charge in [-0.05, 0) is 71.8 Å². The van der Waals surface area contributed by atoms with Gasteiger partial charge in [-0.15, -0.1) is 16.4 Å². The molecule has 6 nitrogen and oxygen atoms in total. The Balaban J connectivity index is 1.46. The summed E-state index contributed by atoms with van der Waals surface area (Å²) in [6.45, 7) is 4.97. The number of thiophene rings is 1. The summed E-state index contributed by atoms with van der Waals surface area (Å²) in [5.41, 5.74) is 3.33. The van der Waals surface area contributed by atoms with E-state index in [1.807, 2.05) is 17.0 Å². The van der Waals surface area contributed by atoms with E-state index >= 15 is 0 Å². The molecule has 1 atom stereocenters. The fraction of sp³-hybridized carbons (Fsp3) is 0.368. The minimum absolute atomic E-state index is 0.144. The zero-order valence-electron chi connectivity index (χ0n) is 15.3. The fourth-order valence-electron chi connectivity index (χ4n) is 3.34. The molecule has 140 valence electrons. The summed E-state index contributed by atoms with van der Waals surface area (Å²) in [6, 6.07) is 10.5. The normalized spacial score (nSPS) is 16.8. The van der Waals surface area contributed by atoms with E-state index in [9.17, 15) is 4.79 Å².